The van der Waals surface area contributed by atoms with Gasteiger partial charge in [0.25, 0.3) is 0 Å². The van der Waals surface area contributed by atoms with Crippen LogP contribution in [0.5, 0.6) is 0 Å². The highest BCUT2D eigenvalue weighted by atomic mass is 14.6. The largest absolute Gasteiger partial charge is 0.264 e. The summed E-state index contributed by atoms with van der Waals surface area (Å²) in [6, 6.07) is 2.25. The van der Waals surface area contributed by atoms with Crippen molar-refractivity contribution in [3.63, 3.8) is 0 Å². The van der Waals surface area contributed by atoms with Gasteiger partial charge in [-0.3, -0.25) is 4.98 Å². The molecule has 1 aromatic heterocycles. The predicted molar refractivity (Wildman–Crippen MR) is 98.4 cm³/mol. The topological polar surface area (TPSA) is 12.9 Å². The van der Waals surface area contributed by atoms with Crippen molar-refractivity contribution < 1.29 is 0 Å². The number of aromatic nitrogens is 1. The molecule has 1 heterocycles. The first-order valence-electron chi connectivity index (χ1n) is 9.80. The zero-order valence-electron chi connectivity index (χ0n) is 15.1. The molecule has 0 aliphatic rings. The molecule has 0 saturated carbocycles. The maximum Gasteiger partial charge on any atom is 0.0302 e. The lowest BCUT2D eigenvalue weighted by molar-refractivity contribution is 0.598. The highest BCUT2D eigenvalue weighted by molar-refractivity contribution is 5.23. The van der Waals surface area contributed by atoms with E-state index in [1.807, 2.05) is 6.20 Å². The van der Waals surface area contributed by atoms with Crippen LogP contribution >= 0.6 is 0 Å². The van der Waals surface area contributed by atoms with Gasteiger partial charge in [-0.2, -0.15) is 0 Å². The molecule has 1 nitrogen and oxygen atoms in total. The second-order valence-electron chi connectivity index (χ2n) is 6.68. The number of unbranched alkanes of at least 4 members (excludes halogenated alkanes) is 10. The van der Waals surface area contributed by atoms with Gasteiger partial charge in [-0.1, -0.05) is 78.1 Å². The predicted octanol–water partition coefficient (Wildman–Crippen LogP) is 6.89. The lowest BCUT2D eigenvalue weighted by Gasteiger charge is -2.09. The lowest BCUT2D eigenvalue weighted by atomic mass is 9.98. The van der Waals surface area contributed by atoms with Crippen molar-refractivity contribution >= 4 is 0 Å². The van der Waals surface area contributed by atoms with Crippen molar-refractivity contribution in [2.75, 3.05) is 0 Å². The number of rotatable bonds is 14. The number of hydrogen-bond acceptors (Lipinski definition) is 1. The van der Waals surface area contributed by atoms with Crippen molar-refractivity contribution in [3.05, 3.63) is 29.6 Å². The highest BCUT2D eigenvalue weighted by Gasteiger charge is 2.02. The van der Waals surface area contributed by atoms with Gasteiger partial charge < -0.3 is 0 Å². The SMILES string of the molecule is CCCCCCCCc1ccncc1CCCCCCCC. The normalized spacial score (nSPS) is 11.0. The van der Waals surface area contributed by atoms with E-state index in [9.17, 15) is 0 Å². The molecule has 1 heteroatoms. The van der Waals surface area contributed by atoms with E-state index in [1.165, 1.54) is 95.5 Å². The Bertz CT molecular complexity index is 324. The van der Waals surface area contributed by atoms with Crippen LogP contribution in [0.1, 0.15) is 102 Å². The van der Waals surface area contributed by atoms with Gasteiger partial charge in [-0.25, -0.2) is 0 Å². The van der Waals surface area contributed by atoms with Crippen molar-refractivity contribution in [1.82, 2.24) is 4.98 Å². The molecule has 0 radical (unpaired) electrons. The molecule has 0 bridgehead atoms. The number of hydrogen-bond donors (Lipinski definition) is 0. The molecule has 0 spiro atoms. The molecule has 0 N–H and O–H groups in total. The summed E-state index contributed by atoms with van der Waals surface area (Å²) in [4.78, 5) is 4.34. The van der Waals surface area contributed by atoms with Crippen molar-refractivity contribution in [2.45, 2.75) is 104 Å². The number of nitrogens with zero attached hydrogens (tertiary/aromatic N) is 1. The van der Waals surface area contributed by atoms with Crippen LogP contribution in [0.15, 0.2) is 18.5 Å². The van der Waals surface area contributed by atoms with Gasteiger partial charge in [0.15, 0.2) is 0 Å². The van der Waals surface area contributed by atoms with Crippen molar-refractivity contribution in [1.29, 1.82) is 0 Å². The third-order valence-electron chi connectivity index (χ3n) is 4.60. The molecule has 0 aliphatic heterocycles. The number of pyridine rings is 1. The fourth-order valence-electron chi connectivity index (χ4n) is 3.12. The molecule has 0 amide bonds. The summed E-state index contributed by atoms with van der Waals surface area (Å²) in [5.74, 6) is 0. The summed E-state index contributed by atoms with van der Waals surface area (Å²) in [6.07, 6.45) is 23.1. The van der Waals surface area contributed by atoms with Crippen LogP contribution in [0, 0.1) is 0 Å². The van der Waals surface area contributed by atoms with Gasteiger partial charge in [-0.05, 0) is 42.9 Å². The Kier molecular flexibility index (Phi) is 12.0. The molecule has 0 fully saturated rings. The number of aryl methyl sites for hydroxylation is 2. The molecule has 0 aromatic carbocycles. The van der Waals surface area contributed by atoms with Crippen LogP contribution < -0.4 is 0 Å². The van der Waals surface area contributed by atoms with Crippen LogP contribution in [-0.4, -0.2) is 4.98 Å². The van der Waals surface area contributed by atoms with Gasteiger partial charge in [0, 0.05) is 12.4 Å². The smallest absolute Gasteiger partial charge is 0.0302 e. The molecular weight excluding hydrogens is 266 g/mol. The Morgan fingerprint density at radius 2 is 1.14 bits per heavy atom. The summed E-state index contributed by atoms with van der Waals surface area (Å²) in [6.45, 7) is 4.57. The summed E-state index contributed by atoms with van der Waals surface area (Å²) in [5, 5.41) is 0. The van der Waals surface area contributed by atoms with E-state index < -0.39 is 0 Å². The third kappa shape index (κ3) is 9.23. The Morgan fingerprint density at radius 3 is 1.73 bits per heavy atom. The van der Waals surface area contributed by atoms with Crippen LogP contribution in [-0.2, 0) is 12.8 Å². The van der Waals surface area contributed by atoms with Gasteiger partial charge >= 0.3 is 0 Å². The second kappa shape index (κ2) is 13.8. The van der Waals surface area contributed by atoms with E-state index in [2.05, 4.69) is 31.1 Å². The minimum atomic E-state index is 1.23. The zero-order chi connectivity index (χ0) is 15.9. The van der Waals surface area contributed by atoms with Crippen LogP contribution in [0.4, 0.5) is 0 Å². The quantitative estimate of drug-likeness (QED) is 0.341. The second-order valence-corrected chi connectivity index (χ2v) is 6.68. The summed E-state index contributed by atoms with van der Waals surface area (Å²) < 4.78 is 0. The molecule has 1 aromatic rings. The van der Waals surface area contributed by atoms with E-state index >= 15 is 0 Å². The Morgan fingerprint density at radius 1 is 0.636 bits per heavy atom. The first-order chi connectivity index (χ1) is 10.9. The van der Waals surface area contributed by atoms with E-state index in [4.69, 9.17) is 0 Å². The summed E-state index contributed by atoms with van der Waals surface area (Å²) >= 11 is 0. The van der Waals surface area contributed by atoms with Gasteiger partial charge in [0.05, 0.1) is 0 Å². The van der Waals surface area contributed by atoms with E-state index in [0.717, 1.165) is 0 Å². The maximum atomic E-state index is 4.34. The maximum absolute atomic E-state index is 4.34. The van der Waals surface area contributed by atoms with Crippen LogP contribution in [0.25, 0.3) is 0 Å². The first kappa shape index (κ1) is 19.2. The zero-order valence-corrected chi connectivity index (χ0v) is 15.1. The van der Waals surface area contributed by atoms with Gasteiger partial charge in [0.1, 0.15) is 0 Å². The van der Waals surface area contributed by atoms with Gasteiger partial charge in [-0.15, -0.1) is 0 Å². The minimum Gasteiger partial charge on any atom is -0.264 e. The lowest BCUT2D eigenvalue weighted by Crippen LogP contribution is -1.96. The average molecular weight is 304 g/mol. The summed E-state index contributed by atoms with van der Waals surface area (Å²) in [7, 11) is 0. The molecule has 0 saturated heterocycles. The molecule has 0 aliphatic carbocycles. The van der Waals surface area contributed by atoms with Crippen molar-refractivity contribution in [3.8, 4) is 0 Å². The fourth-order valence-corrected chi connectivity index (χ4v) is 3.12. The Balaban J connectivity index is 2.20. The van der Waals surface area contributed by atoms with E-state index in [0.29, 0.717) is 0 Å². The highest BCUT2D eigenvalue weighted by Crippen LogP contribution is 2.16. The molecular formula is C21H37N. The standard InChI is InChI=1S/C21H37N/c1-3-5-7-9-11-13-15-20-17-18-22-19-21(20)16-14-12-10-8-6-4-2/h17-19H,3-16H2,1-2H3. The monoisotopic (exact) mass is 303 g/mol. The average Bonchev–Trinajstić information content (AvgIpc) is 2.55. The third-order valence-corrected chi connectivity index (χ3v) is 4.60. The summed E-state index contributed by atoms with van der Waals surface area (Å²) in [5.41, 5.74) is 3.06. The molecule has 0 unspecified atom stereocenters. The van der Waals surface area contributed by atoms with Crippen LogP contribution in [0.3, 0.4) is 0 Å². The first-order valence-corrected chi connectivity index (χ1v) is 9.80. The molecule has 1 rings (SSSR count). The van der Waals surface area contributed by atoms with E-state index in [-0.39, 0.29) is 0 Å². The molecule has 0 atom stereocenters. The van der Waals surface area contributed by atoms with Crippen molar-refractivity contribution in [2.24, 2.45) is 0 Å². The Hall–Kier alpha value is -0.850. The molecule has 126 valence electrons. The minimum absolute atomic E-state index is 1.23. The Labute approximate surface area is 138 Å². The van der Waals surface area contributed by atoms with E-state index in [1.54, 1.807) is 5.56 Å². The van der Waals surface area contributed by atoms with Gasteiger partial charge in [0.2, 0.25) is 0 Å². The fraction of sp³-hybridized carbons (Fsp3) is 0.762. The van der Waals surface area contributed by atoms with Crippen LogP contribution in [0.2, 0.25) is 0 Å². The molecule has 22 heavy (non-hydrogen) atoms.